The smallest absolute Gasteiger partial charge is 0.322 e. The van der Waals surface area contributed by atoms with E-state index in [1.807, 2.05) is 0 Å². The fourth-order valence-electron chi connectivity index (χ4n) is 3.88. The summed E-state index contributed by atoms with van der Waals surface area (Å²) in [5.74, 6) is -2.08. The summed E-state index contributed by atoms with van der Waals surface area (Å²) in [5, 5.41) is 2.38. The number of anilines is 1. The third kappa shape index (κ3) is 4.40. The molecule has 2 aromatic carbocycles. The first kappa shape index (κ1) is 23.2. The highest BCUT2D eigenvalue weighted by atomic mass is 19.4. The van der Waals surface area contributed by atoms with Gasteiger partial charge in [0.05, 0.1) is 29.2 Å². The number of amides is 1. The van der Waals surface area contributed by atoms with Crippen molar-refractivity contribution in [3.63, 3.8) is 0 Å². The number of aromatic nitrogens is 3. The molecule has 3 aromatic heterocycles. The predicted octanol–water partition coefficient (Wildman–Crippen LogP) is 6.61. The van der Waals surface area contributed by atoms with E-state index in [0.29, 0.717) is 28.0 Å². The van der Waals surface area contributed by atoms with Gasteiger partial charge in [-0.15, -0.1) is 0 Å². The van der Waals surface area contributed by atoms with Gasteiger partial charge in [-0.25, -0.2) is 13.8 Å². The molecule has 5 nitrogen and oxygen atoms in total. The van der Waals surface area contributed by atoms with E-state index in [1.54, 1.807) is 22.7 Å². The number of benzene rings is 2. The van der Waals surface area contributed by atoms with Crippen LogP contribution in [0.5, 0.6) is 0 Å². The Morgan fingerprint density at radius 2 is 1.64 bits per heavy atom. The summed E-state index contributed by atoms with van der Waals surface area (Å²) in [4.78, 5) is 21.1. The van der Waals surface area contributed by atoms with Gasteiger partial charge in [0.25, 0.3) is 5.91 Å². The van der Waals surface area contributed by atoms with Gasteiger partial charge in [-0.2, -0.15) is 13.2 Å². The molecule has 3 heterocycles. The number of hydrogen-bond acceptors (Lipinski definition) is 3. The standard InChI is InChI=1S/C26H15F5N4O/c27-17-4-6-19(7-5-17)34-25(36)21-11-15(3-8-22(21)26(29,30)31)20-2-1-9-35-23(14-33-24(20)35)16-10-18(28)13-32-12-16/h1-14H,(H,34,36). The normalized spacial score (nSPS) is 11.6. The van der Waals surface area contributed by atoms with Crippen LogP contribution in [0.25, 0.3) is 28.0 Å². The average molecular weight is 494 g/mol. The lowest BCUT2D eigenvalue weighted by Crippen LogP contribution is -2.19. The molecule has 0 saturated carbocycles. The van der Waals surface area contributed by atoms with Crippen molar-refractivity contribution in [1.29, 1.82) is 0 Å². The third-order valence-corrected chi connectivity index (χ3v) is 5.52. The SMILES string of the molecule is O=C(Nc1ccc(F)cc1)c1cc(-c2cccn3c(-c4cncc(F)c4)cnc23)ccc1C(F)(F)F. The van der Waals surface area contributed by atoms with E-state index >= 15 is 0 Å². The Kier molecular flexibility index (Phi) is 5.71. The lowest BCUT2D eigenvalue weighted by molar-refractivity contribution is -0.137. The summed E-state index contributed by atoms with van der Waals surface area (Å²) < 4.78 is 69.7. The number of rotatable bonds is 4. The Labute approximate surface area is 200 Å². The van der Waals surface area contributed by atoms with Crippen molar-refractivity contribution in [2.75, 3.05) is 5.32 Å². The summed E-state index contributed by atoms with van der Waals surface area (Å²) >= 11 is 0. The van der Waals surface area contributed by atoms with E-state index in [2.05, 4.69) is 15.3 Å². The van der Waals surface area contributed by atoms with Gasteiger partial charge in [0, 0.05) is 29.2 Å². The number of halogens is 5. The second kappa shape index (κ2) is 8.88. The second-order valence-corrected chi connectivity index (χ2v) is 7.87. The number of imidazole rings is 1. The Balaban J connectivity index is 1.60. The largest absolute Gasteiger partial charge is 0.417 e. The van der Waals surface area contributed by atoms with Gasteiger partial charge in [0.1, 0.15) is 17.3 Å². The zero-order valence-electron chi connectivity index (χ0n) is 18.2. The first-order valence-electron chi connectivity index (χ1n) is 10.6. The minimum Gasteiger partial charge on any atom is -0.322 e. The highest BCUT2D eigenvalue weighted by Gasteiger charge is 2.35. The highest BCUT2D eigenvalue weighted by Crippen LogP contribution is 2.36. The van der Waals surface area contributed by atoms with E-state index in [1.165, 1.54) is 36.7 Å². The van der Waals surface area contributed by atoms with Crippen LogP contribution in [-0.4, -0.2) is 20.3 Å². The molecule has 0 spiro atoms. The maximum atomic E-state index is 13.7. The van der Waals surface area contributed by atoms with Gasteiger partial charge < -0.3 is 5.32 Å². The molecule has 0 saturated heterocycles. The summed E-state index contributed by atoms with van der Waals surface area (Å²) in [6.45, 7) is 0. The molecule has 10 heteroatoms. The third-order valence-electron chi connectivity index (χ3n) is 5.52. The van der Waals surface area contributed by atoms with Gasteiger partial charge in [-0.3, -0.25) is 14.2 Å². The fraction of sp³-hybridized carbons (Fsp3) is 0.0385. The van der Waals surface area contributed by atoms with Crippen molar-refractivity contribution in [3.8, 4) is 22.4 Å². The lowest BCUT2D eigenvalue weighted by atomic mass is 9.98. The number of nitrogens with zero attached hydrogens (tertiary/aromatic N) is 3. The molecule has 180 valence electrons. The van der Waals surface area contributed by atoms with Crippen LogP contribution in [0.4, 0.5) is 27.6 Å². The number of hydrogen-bond donors (Lipinski definition) is 1. The molecule has 1 amide bonds. The molecule has 1 N–H and O–H groups in total. The number of fused-ring (bicyclic) bond motifs is 1. The zero-order chi connectivity index (χ0) is 25.4. The summed E-state index contributed by atoms with van der Waals surface area (Å²) in [5.41, 5.74) is 0.571. The van der Waals surface area contributed by atoms with Crippen LogP contribution in [-0.2, 0) is 6.18 Å². The second-order valence-electron chi connectivity index (χ2n) is 7.87. The first-order chi connectivity index (χ1) is 17.2. The fourth-order valence-corrected chi connectivity index (χ4v) is 3.88. The molecule has 0 fully saturated rings. The summed E-state index contributed by atoms with van der Waals surface area (Å²) in [6, 6.07) is 12.5. The lowest BCUT2D eigenvalue weighted by Gasteiger charge is -2.15. The van der Waals surface area contributed by atoms with E-state index < -0.39 is 34.8 Å². The Morgan fingerprint density at radius 3 is 2.36 bits per heavy atom. The maximum absolute atomic E-state index is 13.7. The molecule has 0 bridgehead atoms. The predicted molar refractivity (Wildman–Crippen MR) is 123 cm³/mol. The first-order valence-corrected chi connectivity index (χ1v) is 10.6. The molecule has 0 atom stereocenters. The molecule has 0 aliphatic heterocycles. The molecule has 5 aromatic rings. The van der Waals surface area contributed by atoms with Crippen molar-refractivity contribution in [3.05, 3.63) is 108 Å². The maximum Gasteiger partial charge on any atom is 0.417 e. The minimum absolute atomic E-state index is 0.142. The number of alkyl halides is 3. The molecule has 0 aliphatic carbocycles. The van der Waals surface area contributed by atoms with Gasteiger partial charge >= 0.3 is 6.18 Å². The quantitative estimate of drug-likeness (QED) is 0.286. The summed E-state index contributed by atoms with van der Waals surface area (Å²) in [6.07, 6.45) is 0.929. The molecule has 0 unspecified atom stereocenters. The van der Waals surface area contributed by atoms with Crippen LogP contribution in [0.2, 0.25) is 0 Å². The van der Waals surface area contributed by atoms with Crippen molar-refractivity contribution in [2.45, 2.75) is 6.18 Å². The van der Waals surface area contributed by atoms with Crippen LogP contribution < -0.4 is 5.32 Å². The average Bonchev–Trinajstić information content (AvgIpc) is 3.29. The van der Waals surface area contributed by atoms with Gasteiger partial charge in [-0.1, -0.05) is 6.07 Å². The van der Waals surface area contributed by atoms with Crippen LogP contribution in [0.3, 0.4) is 0 Å². The van der Waals surface area contributed by atoms with Gasteiger partial charge in [0.15, 0.2) is 0 Å². The van der Waals surface area contributed by atoms with Crippen molar-refractivity contribution in [1.82, 2.24) is 14.4 Å². The van der Waals surface area contributed by atoms with E-state index in [-0.39, 0.29) is 5.69 Å². The van der Waals surface area contributed by atoms with E-state index in [4.69, 9.17) is 0 Å². The van der Waals surface area contributed by atoms with Crippen molar-refractivity contribution in [2.24, 2.45) is 0 Å². The van der Waals surface area contributed by atoms with Crippen LogP contribution in [0, 0.1) is 11.6 Å². The number of carbonyl (C=O) groups excluding carboxylic acids is 1. The molecular weight excluding hydrogens is 479 g/mol. The monoisotopic (exact) mass is 494 g/mol. The Morgan fingerprint density at radius 1 is 0.861 bits per heavy atom. The number of carbonyl (C=O) groups is 1. The van der Waals surface area contributed by atoms with Crippen LogP contribution in [0.1, 0.15) is 15.9 Å². The number of pyridine rings is 2. The Hall–Kier alpha value is -4.60. The van der Waals surface area contributed by atoms with Crippen LogP contribution >= 0.6 is 0 Å². The zero-order valence-corrected chi connectivity index (χ0v) is 18.2. The van der Waals surface area contributed by atoms with Gasteiger partial charge in [0.2, 0.25) is 0 Å². The molecule has 0 radical (unpaired) electrons. The molecular formula is C26H15F5N4O. The molecule has 0 aliphatic rings. The van der Waals surface area contributed by atoms with Gasteiger partial charge in [-0.05, 0) is 60.2 Å². The Bertz CT molecular complexity index is 1590. The van der Waals surface area contributed by atoms with Crippen molar-refractivity contribution >= 4 is 17.2 Å². The van der Waals surface area contributed by atoms with E-state index in [9.17, 15) is 26.7 Å². The molecule has 36 heavy (non-hydrogen) atoms. The van der Waals surface area contributed by atoms with Crippen molar-refractivity contribution < 1.29 is 26.7 Å². The van der Waals surface area contributed by atoms with E-state index in [0.717, 1.165) is 30.5 Å². The molecule has 5 rings (SSSR count). The number of nitrogens with one attached hydrogen (secondary N) is 1. The summed E-state index contributed by atoms with van der Waals surface area (Å²) in [7, 11) is 0. The minimum atomic E-state index is -4.79. The topological polar surface area (TPSA) is 59.3 Å². The van der Waals surface area contributed by atoms with Crippen LogP contribution in [0.15, 0.2) is 85.5 Å². The highest BCUT2D eigenvalue weighted by molar-refractivity contribution is 6.06.